The van der Waals surface area contributed by atoms with Crippen molar-refractivity contribution < 1.29 is 15.0 Å². The van der Waals surface area contributed by atoms with E-state index in [1.165, 1.54) is 0 Å². The monoisotopic (exact) mass is 231 g/mol. The number of hydrogen-bond donors (Lipinski definition) is 3. The van der Waals surface area contributed by atoms with Crippen LogP contribution in [0.15, 0.2) is 30.3 Å². The smallest absolute Gasteiger partial charge is 0.352 e. The van der Waals surface area contributed by atoms with E-state index in [4.69, 9.17) is 10.2 Å². The topological polar surface area (TPSA) is 73.3 Å². The van der Waals surface area contributed by atoms with E-state index in [0.29, 0.717) is 6.42 Å². The Morgan fingerprint density at radius 1 is 1.35 bits per heavy atom. The van der Waals surface area contributed by atoms with Crippen LogP contribution in [-0.4, -0.2) is 27.8 Å². The number of benzene rings is 1. The van der Waals surface area contributed by atoms with Gasteiger partial charge in [-0.2, -0.15) is 0 Å². The van der Waals surface area contributed by atoms with Crippen molar-refractivity contribution in [1.82, 2.24) is 4.98 Å². The molecule has 0 saturated heterocycles. The number of hydrogen-bond acceptors (Lipinski definition) is 2. The molecule has 0 spiro atoms. The van der Waals surface area contributed by atoms with Crippen LogP contribution >= 0.6 is 0 Å². The first-order valence-electron chi connectivity index (χ1n) is 5.34. The molecule has 3 N–H and O–H groups in total. The van der Waals surface area contributed by atoms with Crippen molar-refractivity contribution in [2.45, 2.75) is 6.42 Å². The Hall–Kier alpha value is -2.07. The molecule has 4 heteroatoms. The van der Waals surface area contributed by atoms with Gasteiger partial charge in [-0.15, -0.1) is 0 Å². The largest absolute Gasteiger partial charge is 0.477 e. The summed E-state index contributed by atoms with van der Waals surface area (Å²) in [5.41, 5.74) is 1.99. The van der Waals surface area contributed by atoms with Gasteiger partial charge in [-0.3, -0.25) is 0 Å². The highest BCUT2D eigenvalue weighted by molar-refractivity contribution is 5.94. The summed E-state index contributed by atoms with van der Waals surface area (Å²) in [5.74, 6) is -0.960. The fraction of sp³-hybridized carbons (Fsp3) is 0.154. The minimum Gasteiger partial charge on any atom is -0.477 e. The van der Waals surface area contributed by atoms with Crippen molar-refractivity contribution in [1.29, 1.82) is 0 Å². The molecule has 17 heavy (non-hydrogen) atoms. The summed E-state index contributed by atoms with van der Waals surface area (Å²) in [5, 5.41) is 18.4. The van der Waals surface area contributed by atoms with E-state index >= 15 is 0 Å². The van der Waals surface area contributed by atoms with E-state index in [0.717, 1.165) is 16.5 Å². The minimum atomic E-state index is -0.960. The Morgan fingerprint density at radius 2 is 2.18 bits per heavy atom. The second-order valence-electron chi connectivity index (χ2n) is 3.75. The van der Waals surface area contributed by atoms with Gasteiger partial charge < -0.3 is 15.2 Å². The van der Waals surface area contributed by atoms with E-state index in [9.17, 15) is 4.79 Å². The van der Waals surface area contributed by atoms with Gasteiger partial charge in [-0.05, 0) is 30.2 Å². The molecule has 0 unspecified atom stereocenters. The third-order valence-corrected chi connectivity index (χ3v) is 2.48. The number of aromatic amines is 1. The number of rotatable bonds is 4. The first-order valence-corrected chi connectivity index (χ1v) is 5.34. The number of aromatic carboxylic acids is 1. The van der Waals surface area contributed by atoms with Crippen LogP contribution in [0.2, 0.25) is 0 Å². The second-order valence-corrected chi connectivity index (χ2v) is 3.75. The van der Waals surface area contributed by atoms with E-state index in [1.807, 2.05) is 30.4 Å². The summed E-state index contributed by atoms with van der Waals surface area (Å²) >= 11 is 0. The lowest BCUT2D eigenvalue weighted by molar-refractivity contribution is 0.0691. The molecule has 0 fully saturated rings. The molecule has 0 saturated carbocycles. The van der Waals surface area contributed by atoms with Gasteiger partial charge in [0.2, 0.25) is 0 Å². The molecule has 0 atom stereocenters. The molecule has 0 radical (unpaired) electrons. The number of carbonyl (C=O) groups is 1. The minimum absolute atomic E-state index is 0.131. The summed E-state index contributed by atoms with van der Waals surface area (Å²) in [7, 11) is 0. The third kappa shape index (κ3) is 2.54. The molecular weight excluding hydrogens is 218 g/mol. The highest BCUT2D eigenvalue weighted by Crippen LogP contribution is 2.18. The Bertz CT molecular complexity index is 569. The maximum absolute atomic E-state index is 10.8. The molecular formula is C13H13NO3. The predicted octanol–water partition coefficient (Wildman–Crippen LogP) is 2.26. The Kier molecular flexibility index (Phi) is 3.25. The maximum Gasteiger partial charge on any atom is 0.352 e. The zero-order valence-electron chi connectivity index (χ0n) is 9.18. The fourth-order valence-corrected chi connectivity index (χ4v) is 1.66. The normalized spacial score (nSPS) is 11.4. The van der Waals surface area contributed by atoms with Crippen molar-refractivity contribution in [3.63, 3.8) is 0 Å². The van der Waals surface area contributed by atoms with Gasteiger partial charge >= 0.3 is 5.97 Å². The molecule has 1 heterocycles. The fourth-order valence-electron chi connectivity index (χ4n) is 1.66. The SMILES string of the molecule is O=C(O)c1cc2cc(C=CCCO)ccc2[nH]1. The number of carboxylic acids is 1. The highest BCUT2D eigenvalue weighted by Gasteiger charge is 2.06. The average molecular weight is 231 g/mol. The van der Waals surface area contributed by atoms with Crippen LogP contribution < -0.4 is 0 Å². The lowest BCUT2D eigenvalue weighted by atomic mass is 10.1. The van der Waals surface area contributed by atoms with Gasteiger partial charge in [0.1, 0.15) is 5.69 Å². The van der Waals surface area contributed by atoms with Crippen LogP contribution in [0, 0.1) is 0 Å². The Morgan fingerprint density at radius 3 is 2.88 bits per heavy atom. The van der Waals surface area contributed by atoms with E-state index < -0.39 is 5.97 Å². The van der Waals surface area contributed by atoms with Gasteiger partial charge in [-0.25, -0.2) is 4.79 Å². The van der Waals surface area contributed by atoms with E-state index in [1.54, 1.807) is 6.07 Å². The maximum atomic E-state index is 10.8. The summed E-state index contributed by atoms with van der Waals surface area (Å²) < 4.78 is 0. The van der Waals surface area contributed by atoms with Crippen molar-refractivity contribution in [3.05, 3.63) is 41.6 Å². The van der Waals surface area contributed by atoms with Crippen LogP contribution in [0.3, 0.4) is 0 Å². The van der Waals surface area contributed by atoms with E-state index in [-0.39, 0.29) is 12.3 Å². The molecule has 1 aromatic carbocycles. The van der Waals surface area contributed by atoms with Crippen LogP contribution in [-0.2, 0) is 0 Å². The summed E-state index contributed by atoms with van der Waals surface area (Å²) in [6.07, 6.45) is 4.40. The quantitative estimate of drug-likeness (QED) is 0.755. The number of aromatic nitrogens is 1. The van der Waals surface area contributed by atoms with Crippen LogP contribution in [0.25, 0.3) is 17.0 Å². The van der Waals surface area contributed by atoms with Crippen LogP contribution in [0.4, 0.5) is 0 Å². The summed E-state index contributed by atoms with van der Waals surface area (Å²) in [6, 6.07) is 7.27. The first-order chi connectivity index (χ1) is 8.20. The third-order valence-electron chi connectivity index (χ3n) is 2.48. The zero-order valence-corrected chi connectivity index (χ0v) is 9.18. The number of carboxylic acid groups (broad SMARTS) is 1. The molecule has 1 aromatic heterocycles. The van der Waals surface area contributed by atoms with Crippen molar-refractivity contribution in [3.8, 4) is 0 Å². The van der Waals surface area contributed by atoms with Crippen molar-refractivity contribution in [2.75, 3.05) is 6.61 Å². The van der Waals surface area contributed by atoms with Crippen LogP contribution in [0.5, 0.6) is 0 Å². The number of aliphatic hydroxyl groups is 1. The molecule has 2 rings (SSSR count). The van der Waals surface area contributed by atoms with Crippen molar-refractivity contribution in [2.24, 2.45) is 0 Å². The molecule has 88 valence electrons. The highest BCUT2D eigenvalue weighted by atomic mass is 16.4. The van der Waals surface area contributed by atoms with Gasteiger partial charge in [0.05, 0.1) is 0 Å². The number of nitrogens with one attached hydrogen (secondary N) is 1. The molecule has 0 bridgehead atoms. The average Bonchev–Trinajstić information content (AvgIpc) is 2.72. The lowest BCUT2D eigenvalue weighted by Gasteiger charge is -1.94. The summed E-state index contributed by atoms with van der Waals surface area (Å²) in [6.45, 7) is 0.131. The van der Waals surface area contributed by atoms with Crippen molar-refractivity contribution >= 4 is 22.9 Å². The molecule has 0 aliphatic carbocycles. The molecule has 0 aliphatic rings. The molecule has 0 aliphatic heterocycles. The second kappa shape index (κ2) is 4.84. The van der Waals surface area contributed by atoms with Crippen LogP contribution in [0.1, 0.15) is 22.5 Å². The number of aliphatic hydroxyl groups excluding tert-OH is 1. The van der Waals surface area contributed by atoms with Gasteiger partial charge in [-0.1, -0.05) is 18.2 Å². The van der Waals surface area contributed by atoms with Gasteiger partial charge in [0.25, 0.3) is 0 Å². The molecule has 2 aromatic rings. The van der Waals surface area contributed by atoms with Gasteiger partial charge in [0.15, 0.2) is 0 Å². The summed E-state index contributed by atoms with van der Waals surface area (Å²) in [4.78, 5) is 13.6. The standard InChI is InChI=1S/C13H13NO3/c15-6-2-1-3-9-4-5-11-10(7-9)8-12(14-11)13(16)17/h1,3-5,7-8,14-15H,2,6H2,(H,16,17). The zero-order chi connectivity index (χ0) is 12.3. The first kappa shape index (κ1) is 11.4. The molecule has 0 amide bonds. The van der Waals surface area contributed by atoms with E-state index in [2.05, 4.69) is 4.98 Å². The molecule has 4 nitrogen and oxygen atoms in total. The Balaban J connectivity index is 2.33. The van der Waals surface area contributed by atoms with Gasteiger partial charge in [0, 0.05) is 17.5 Å². The predicted molar refractivity (Wildman–Crippen MR) is 66.0 cm³/mol. The Labute approximate surface area is 98.2 Å². The number of H-pyrrole nitrogens is 1. The lowest BCUT2D eigenvalue weighted by Crippen LogP contribution is -1.94. The number of fused-ring (bicyclic) bond motifs is 1.